The van der Waals surface area contributed by atoms with Crippen molar-refractivity contribution < 1.29 is 8.42 Å². The van der Waals surface area contributed by atoms with Gasteiger partial charge in [0.15, 0.2) is 0 Å². The second kappa shape index (κ2) is 6.90. The van der Waals surface area contributed by atoms with Crippen molar-refractivity contribution in [3.63, 3.8) is 0 Å². The first-order chi connectivity index (χ1) is 9.90. The van der Waals surface area contributed by atoms with Crippen LogP contribution in [0.3, 0.4) is 0 Å². The molecule has 1 aromatic rings. The third-order valence-electron chi connectivity index (χ3n) is 4.09. The Kier molecular flexibility index (Phi) is 5.41. The van der Waals surface area contributed by atoms with E-state index in [9.17, 15) is 8.42 Å². The molecule has 1 aromatic carbocycles. The molecule has 1 saturated heterocycles. The van der Waals surface area contributed by atoms with E-state index in [4.69, 9.17) is 0 Å². The Balaban J connectivity index is 1.84. The molecular weight excluding hydrogens is 284 g/mol. The smallest absolute Gasteiger partial charge is 0.213 e. The molecule has 1 N–H and O–H groups in total. The van der Waals surface area contributed by atoms with Gasteiger partial charge in [0.25, 0.3) is 0 Å². The van der Waals surface area contributed by atoms with Gasteiger partial charge in [0.1, 0.15) is 0 Å². The molecule has 1 fully saturated rings. The summed E-state index contributed by atoms with van der Waals surface area (Å²) in [6.45, 7) is 8.07. The molecule has 5 heteroatoms. The highest BCUT2D eigenvalue weighted by atomic mass is 32.2. The molecule has 0 unspecified atom stereocenters. The van der Waals surface area contributed by atoms with E-state index >= 15 is 0 Å². The highest BCUT2D eigenvalue weighted by Gasteiger charge is 2.26. The van der Waals surface area contributed by atoms with E-state index in [1.807, 2.05) is 0 Å². The molecule has 0 aromatic heterocycles. The summed E-state index contributed by atoms with van der Waals surface area (Å²) in [5, 5.41) is 3.56. The van der Waals surface area contributed by atoms with E-state index in [0.717, 1.165) is 19.4 Å². The van der Waals surface area contributed by atoms with Gasteiger partial charge in [0, 0.05) is 25.7 Å². The molecule has 21 heavy (non-hydrogen) atoms. The van der Waals surface area contributed by atoms with Gasteiger partial charge in [-0.1, -0.05) is 29.3 Å². The lowest BCUT2D eigenvalue weighted by Gasteiger charge is -2.31. The van der Waals surface area contributed by atoms with Crippen molar-refractivity contribution >= 4 is 10.0 Å². The predicted octanol–water partition coefficient (Wildman–Crippen LogP) is 2.21. The van der Waals surface area contributed by atoms with Gasteiger partial charge in [0.2, 0.25) is 10.0 Å². The summed E-state index contributed by atoms with van der Waals surface area (Å²) >= 11 is 0. The number of hydrogen-bond donors (Lipinski definition) is 1. The minimum atomic E-state index is -3.02. The summed E-state index contributed by atoms with van der Waals surface area (Å²) in [6.07, 6.45) is 1.79. The van der Waals surface area contributed by atoms with Gasteiger partial charge < -0.3 is 5.32 Å². The standard InChI is InChI=1S/C16H26N2O2S/c1-4-21(19,20)18-7-5-16(6-8-18)17-12-15-10-13(2)9-14(3)11-15/h9-11,16-17H,4-8,12H2,1-3H3. The Labute approximate surface area is 128 Å². The Hall–Kier alpha value is -0.910. The fourth-order valence-electron chi connectivity index (χ4n) is 2.95. The van der Waals surface area contributed by atoms with Gasteiger partial charge in [-0.25, -0.2) is 12.7 Å². The summed E-state index contributed by atoms with van der Waals surface area (Å²) in [6, 6.07) is 7.00. The number of benzene rings is 1. The van der Waals surface area contributed by atoms with Crippen LogP contribution in [0.4, 0.5) is 0 Å². The van der Waals surface area contributed by atoms with Crippen LogP contribution in [-0.2, 0) is 16.6 Å². The maximum Gasteiger partial charge on any atom is 0.213 e. The summed E-state index contributed by atoms with van der Waals surface area (Å²) in [4.78, 5) is 0. The average molecular weight is 310 g/mol. The second-order valence-electron chi connectivity index (χ2n) is 5.95. The van der Waals surface area contributed by atoms with Crippen molar-refractivity contribution in [1.29, 1.82) is 0 Å². The fourth-order valence-corrected chi connectivity index (χ4v) is 4.09. The van der Waals surface area contributed by atoms with Crippen LogP contribution in [0.1, 0.15) is 36.5 Å². The normalized spacial score (nSPS) is 18.0. The zero-order chi connectivity index (χ0) is 15.5. The zero-order valence-corrected chi connectivity index (χ0v) is 14.0. The first-order valence-corrected chi connectivity index (χ1v) is 9.30. The molecule has 1 aliphatic rings. The summed E-state index contributed by atoms with van der Waals surface area (Å²) in [5.41, 5.74) is 3.88. The number of nitrogens with zero attached hydrogens (tertiary/aromatic N) is 1. The molecule has 0 bridgehead atoms. The number of nitrogens with one attached hydrogen (secondary N) is 1. The average Bonchev–Trinajstić information content (AvgIpc) is 2.44. The van der Waals surface area contributed by atoms with E-state index in [1.54, 1.807) is 11.2 Å². The number of rotatable bonds is 5. The predicted molar refractivity (Wildman–Crippen MR) is 86.8 cm³/mol. The zero-order valence-electron chi connectivity index (χ0n) is 13.2. The van der Waals surface area contributed by atoms with Gasteiger partial charge in [-0.15, -0.1) is 0 Å². The number of piperidine rings is 1. The second-order valence-corrected chi connectivity index (χ2v) is 8.21. The van der Waals surface area contributed by atoms with Crippen molar-refractivity contribution in [1.82, 2.24) is 9.62 Å². The lowest BCUT2D eigenvalue weighted by Crippen LogP contribution is -2.45. The molecule has 0 atom stereocenters. The van der Waals surface area contributed by atoms with E-state index in [0.29, 0.717) is 19.1 Å². The number of sulfonamides is 1. The summed E-state index contributed by atoms with van der Waals surface area (Å²) < 4.78 is 25.3. The van der Waals surface area contributed by atoms with Crippen molar-refractivity contribution in [2.75, 3.05) is 18.8 Å². The van der Waals surface area contributed by atoms with Crippen LogP contribution < -0.4 is 5.32 Å². The quantitative estimate of drug-likeness (QED) is 0.907. The lowest BCUT2D eigenvalue weighted by molar-refractivity contribution is 0.289. The summed E-state index contributed by atoms with van der Waals surface area (Å²) in [7, 11) is -3.02. The highest BCUT2D eigenvalue weighted by Crippen LogP contribution is 2.15. The third-order valence-corrected chi connectivity index (χ3v) is 5.97. The largest absolute Gasteiger partial charge is 0.310 e. The Morgan fingerprint density at radius 1 is 1.14 bits per heavy atom. The number of aryl methyl sites for hydroxylation is 2. The van der Waals surface area contributed by atoms with Gasteiger partial charge in [-0.3, -0.25) is 0 Å². The molecule has 0 aliphatic carbocycles. The molecule has 2 rings (SSSR count). The van der Waals surface area contributed by atoms with E-state index in [-0.39, 0.29) is 5.75 Å². The monoisotopic (exact) mass is 310 g/mol. The van der Waals surface area contributed by atoms with Crippen molar-refractivity contribution in [2.24, 2.45) is 0 Å². The Morgan fingerprint density at radius 2 is 1.71 bits per heavy atom. The Bertz CT molecular complexity index is 556. The van der Waals surface area contributed by atoms with Gasteiger partial charge in [-0.2, -0.15) is 0 Å². The molecule has 0 radical (unpaired) electrons. The third kappa shape index (κ3) is 4.53. The van der Waals surface area contributed by atoms with Gasteiger partial charge in [-0.05, 0) is 39.2 Å². The molecular formula is C16H26N2O2S. The maximum absolute atomic E-state index is 11.8. The summed E-state index contributed by atoms with van der Waals surface area (Å²) in [5.74, 6) is 0.202. The molecule has 4 nitrogen and oxygen atoms in total. The van der Waals surface area contributed by atoms with Crippen LogP contribution in [0.2, 0.25) is 0 Å². The van der Waals surface area contributed by atoms with Gasteiger partial charge in [0.05, 0.1) is 5.75 Å². The first-order valence-electron chi connectivity index (χ1n) is 7.69. The van der Waals surface area contributed by atoms with Crippen LogP contribution in [0.25, 0.3) is 0 Å². The first kappa shape index (κ1) is 16.5. The number of hydrogen-bond acceptors (Lipinski definition) is 3. The van der Waals surface area contributed by atoms with Crippen LogP contribution in [0.15, 0.2) is 18.2 Å². The SMILES string of the molecule is CCS(=O)(=O)N1CCC(NCc2cc(C)cc(C)c2)CC1. The molecule has 0 amide bonds. The van der Waals surface area contributed by atoms with Crippen molar-refractivity contribution in [3.05, 3.63) is 34.9 Å². The van der Waals surface area contributed by atoms with Gasteiger partial charge >= 0.3 is 0 Å². The minimum absolute atomic E-state index is 0.202. The molecule has 118 valence electrons. The molecule has 1 heterocycles. The van der Waals surface area contributed by atoms with E-state index < -0.39 is 10.0 Å². The lowest BCUT2D eigenvalue weighted by atomic mass is 10.0. The van der Waals surface area contributed by atoms with Crippen molar-refractivity contribution in [2.45, 2.75) is 46.2 Å². The topological polar surface area (TPSA) is 49.4 Å². The molecule has 1 aliphatic heterocycles. The maximum atomic E-state index is 11.8. The Morgan fingerprint density at radius 3 is 2.24 bits per heavy atom. The molecule has 0 saturated carbocycles. The van der Waals surface area contributed by atoms with E-state index in [2.05, 4.69) is 37.4 Å². The van der Waals surface area contributed by atoms with E-state index in [1.165, 1.54) is 16.7 Å². The van der Waals surface area contributed by atoms with Crippen LogP contribution in [0, 0.1) is 13.8 Å². The van der Waals surface area contributed by atoms with Crippen LogP contribution in [-0.4, -0.2) is 37.6 Å². The van der Waals surface area contributed by atoms with Crippen molar-refractivity contribution in [3.8, 4) is 0 Å². The molecule has 0 spiro atoms. The van der Waals surface area contributed by atoms with Crippen LogP contribution in [0.5, 0.6) is 0 Å². The highest BCUT2D eigenvalue weighted by molar-refractivity contribution is 7.89. The van der Waals surface area contributed by atoms with Crippen LogP contribution >= 0.6 is 0 Å². The fraction of sp³-hybridized carbons (Fsp3) is 0.625. The minimum Gasteiger partial charge on any atom is -0.310 e.